The molecule has 0 bridgehead atoms. The predicted octanol–water partition coefficient (Wildman–Crippen LogP) is 1.74. The lowest BCUT2D eigenvalue weighted by Gasteiger charge is -2.20. The fourth-order valence-corrected chi connectivity index (χ4v) is 2.49. The van der Waals surface area contributed by atoms with E-state index >= 15 is 0 Å². The number of aliphatic carboxylic acids is 2. The number of aliphatic hydroxyl groups is 1. The number of carbonyl (C=O) groups is 4. The molecule has 0 aliphatic heterocycles. The van der Waals surface area contributed by atoms with E-state index in [1.165, 1.54) is 6.92 Å². The van der Waals surface area contributed by atoms with Crippen LogP contribution in [0.3, 0.4) is 0 Å². The number of carbonyl (C=O) groups excluding carboxylic acids is 2. The molecule has 0 aromatic heterocycles. The Hall–Kier alpha value is -2.74. The van der Waals surface area contributed by atoms with Crippen LogP contribution in [0.15, 0.2) is 24.3 Å². The Kier molecular flexibility index (Phi) is 7.66. The highest BCUT2D eigenvalue weighted by molar-refractivity contribution is 5.93. The van der Waals surface area contributed by atoms with Crippen molar-refractivity contribution in [1.82, 2.24) is 0 Å². The highest BCUT2D eigenvalue weighted by Crippen LogP contribution is 2.21. The summed E-state index contributed by atoms with van der Waals surface area (Å²) < 4.78 is 4.59. The topological polar surface area (TPSA) is 138 Å². The Labute approximate surface area is 156 Å². The summed E-state index contributed by atoms with van der Waals surface area (Å²) >= 11 is 0. The molecule has 0 amide bonds. The van der Waals surface area contributed by atoms with Crippen molar-refractivity contribution in [1.29, 1.82) is 0 Å². The van der Waals surface area contributed by atoms with Crippen molar-refractivity contribution in [2.45, 2.75) is 51.6 Å². The third kappa shape index (κ3) is 6.82. The number of ether oxygens (including phenoxy) is 1. The zero-order chi connectivity index (χ0) is 20.8. The summed E-state index contributed by atoms with van der Waals surface area (Å²) in [6, 6.07) is 7.23. The summed E-state index contributed by atoms with van der Waals surface area (Å²) in [6.07, 6.45) is -1.46. The summed E-state index contributed by atoms with van der Waals surface area (Å²) in [5.74, 6) is -6.03. The first-order valence-electron chi connectivity index (χ1n) is 8.45. The molecule has 1 aromatic carbocycles. The minimum Gasteiger partial charge on any atom is -0.481 e. The molecule has 0 fully saturated rings. The van der Waals surface area contributed by atoms with Crippen LogP contribution in [0.1, 0.15) is 50.7 Å². The van der Waals surface area contributed by atoms with Crippen molar-refractivity contribution in [3.63, 3.8) is 0 Å². The number of benzene rings is 1. The minimum absolute atomic E-state index is 0.481. The van der Waals surface area contributed by atoms with E-state index in [-0.39, 0.29) is 0 Å². The largest absolute Gasteiger partial charge is 0.481 e. The smallest absolute Gasteiger partial charge is 0.336 e. The molecule has 0 saturated heterocycles. The van der Waals surface area contributed by atoms with E-state index in [4.69, 9.17) is 10.2 Å². The highest BCUT2D eigenvalue weighted by Gasteiger charge is 2.42. The van der Waals surface area contributed by atoms with Gasteiger partial charge in [0.2, 0.25) is 0 Å². The second-order valence-electron chi connectivity index (χ2n) is 6.94. The first kappa shape index (κ1) is 22.3. The fourth-order valence-electron chi connectivity index (χ4n) is 2.49. The number of carboxylic acids is 2. The van der Waals surface area contributed by atoms with Gasteiger partial charge in [-0.2, -0.15) is 0 Å². The van der Waals surface area contributed by atoms with E-state index in [9.17, 15) is 24.3 Å². The molecule has 1 unspecified atom stereocenters. The number of carboxylic acid groups (broad SMARTS) is 2. The van der Waals surface area contributed by atoms with E-state index in [1.54, 1.807) is 12.1 Å². The first-order chi connectivity index (χ1) is 12.4. The van der Waals surface area contributed by atoms with Crippen LogP contribution in [-0.4, -0.2) is 44.8 Å². The molecule has 0 saturated carbocycles. The second-order valence-corrected chi connectivity index (χ2v) is 6.94. The lowest BCUT2D eigenvalue weighted by atomic mass is 9.95. The molecule has 8 nitrogen and oxygen atoms in total. The fraction of sp³-hybridized carbons (Fsp3) is 0.474. The van der Waals surface area contributed by atoms with Crippen molar-refractivity contribution in [2.24, 2.45) is 5.92 Å². The van der Waals surface area contributed by atoms with Crippen LogP contribution < -0.4 is 0 Å². The number of hydrogen-bond acceptors (Lipinski definition) is 6. The van der Waals surface area contributed by atoms with Gasteiger partial charge in [0.1, 0.15) is 0 Å². The zero-order valence-electron chi connectivity index (χ0n) is 15.5. The predicted molar refractivity (Wildman–Crippen MR) is 94.0 cm³/mol. The summed E-state index contributed by atoms with van der Waals surface area (Å²) in [7, 11) is 0. The van der Waals surface area contributed by atoms with E-state index in [2.05, 4.69) is 18.6 Å². The van der Waals surface area contributed by atoms with Gasteiger partial charge in [-0.3, -0.25) is 14.4 Å². The van der Waals surface area contributed by atoms with Crippen molar-refractivity contribution in [2.75, 3.05) is 0 Å². The van der Waals surface area contributed by atoms with E-state index in [1.807, 2.05) is 12.1 Å². The van der Waals surface area contributed by atoms with Crippen molar-refractivity contribution >= 4 is 23.9 Å². The SMILES string of the molecule is CC(C)Cc1ccc([C@H](C)C(=O)OC(=O)CC(O)(CC(=O)O)C(=O)O)cc1. The molecule has 0 radical (unpaired) electrons. The van der Waals surface area contributed by atoms with Gasteiger partial charge in [0.15, 0.2) is 5.60 Å². The normalized spacial score (nSPS) is 14.3. The summed E-state index contributed by atoms with van der Waals surface area (Å²) in [5, 5.41) is 27.4. The van der Waals surface area contributed by atoms with Crippen LogP contribution in [0, 0.1) is 5.92 Å². The second kappa shape index (κ2) is 9.27. The van der Waals surface area contributed by atoms with Crippen LogP contribution in [0.5, 0.6) is 0 Å². The van der Waals surface area contributed by atoms with E-state index in [0.717, 1.165) is 12.0 Å². The van der Waals surface area contributed by atoms with Gasteiger partial charge in [-0.25, -0.2) is 4.79 Å². The lowest BCUT2D eigenvalue weighted by molar-refractivity contribution is -0.174. The molecular formula is C19H24O8. The summed E-state index contributed by atoms with van der Waals surface area (Å²) in [5.41, 5.74) is -1.13. The Bertz CT molecular complexity index is 707. The maximum atomic E-state index is 12.1. The van der Waals surface area contributed by atoms with Crippen LogP contribution in [0.4, 0.5) is 0 Å². The quantitative estimate of drug-likeness (QED) is 0.435. The van der Waals surface area contributed by atoms with Crippen LogP contribution in [0.2, 0.25) is 0 Å². The van der Waals surface area contributed by atoms with Gasteiger partial charge in [-0.15, -0.1) is 0 Å². The van der Waals surface area contributed by atoms with Crippen molar-refractivity contribution < 1.29 is 39.2 Å². The summed E-state index contributed by atoms with van der Waals surface area (Å²) in [4.78, 5) is 45.6. The molecule has 148 valence electrons. The van der Waals surface area contributed by atoms with Crippen LogP contribution in [-0.2, 0) is 30.3 Å². The van der Waals surface area contributed by atoms with Gasteiger partial charge in [-0.1, -0.05) is 38.1 Å². The number of rotatable bonds is 9. The molecule has 1 aromatic rings. The van der Waals surface area contributed by atoms with E-state index in [0.29, 0.717) is 11.5 Å². The molecule has 0 spiro atoms. The number of esters is 2. The molecule has 2 atom stereocenters. The number of hydrogen-bond donors (Lipinski definition) is 3. The average Bonchev–Trinajstić information content (AvgIpc) is 2.53. The molecule has 0 aliphatic carbocycles. The average molecular weight is 380 g/mol. The monoisotopic (exact) mass is 380 g/mol. The first-order valence-corrected chi connectivity index (χ1v) is 8.45. The molecule has 3 N–H and O–H groups in total. The van der Waals surface area contributed by atoms with Gasteiger partial charge in [0, 0.05) is 0 Å². The van der Waals surface area contributed by atoms with Gasteiger partial charge in [0.25, 0.3) is 0 Å². The lowest BCUT2D eigenvalue weighted by Crippen LogP contribution is -2.43. The Balaban J connectivity index is 2.75. The third-order valence-corrected chi connectivity index (χ3v) is 3.97. The van der Waals surface area contributed by atoms with E-state index < -0.39 is 48.2 Å². The molecular weight excluding hydrogens is 356 g/mol. The molecule has 27 heavy (non-hydrogen) atoms. The minimum atomic E-state index is -2.84. The standard InChI is InChI=1S/C19H24O8/c1-11(2)8-13-4-6-14(7-5-13)12(3)17(23)27-16(22)10-19(26,18(24)25)9-15(20)21/h4-7,11-12,26H,8-10H2,1-3H3,(H,20,21)(H,24,25)/t12-,19?/m0/s1. The molecule has 0 heterocycles. The highest BCUT2D eigenvalue weighted by atomic mass is 16.6. The van der Waals surface area contributed by atoms with Crippen LogP contribution >= 0.6 is 0 Å². The third-order valence-electron chi connectivity index (χ3n) is 3.97. The van der Waals surface area contributed by atoms with Gasteiger partial charge >= 0.3 is 23.9 Å². The Morgan fingerprint density at radius 1 is 1.00 bits per heavy atom. The van der Waals surface area contributed by atoms with Crippen molar-refractivity contribution in [3.05, 3.63) is 35.4 Å². The molecule has 0 aliphatic rings. The van der Waals surface area contributed by atoms with Crippen LogP contribution in [0.25, 0.3) is 0 Å². The van der Waals surface area contributed by atoms with Gasteiger partial charge in [-0.05, 0) is 30.4 Å². The zero-order valence-corrected chi connectivity index (χ0v) is 15.5. The maximum Gasteiger partial charge on any atom is 0.336 e. The summed E-state index contributed by atoms with van der Waals surface area (Å²) in [6.45, 7) is 5.69. The van der Waals surface area contributed by atoms with Crippen molar-refractivity contribution in [3.8, 4) is 0 Å². The van der Waals surface area contributed by atoms with Gasteiger partial charge < -0.3 is 20.1 Å². The molecule has 1 rings (SSSR count). The molecule has 8 heteroatoms. The maximum absolute atomic E-state index is 12.1. The Morgan fingerprint density at radius 2 is 1.56 bits per heavy atom. The van der Waals surface area contributed by atoms with Gasteiger partial charge in [0.05, 0.1) is 18.8 Å². The Morgan fingerprint density at radius 3 is 2.00 bits per heavy atom.